The standard InChI is InChI=1S/C16H20O2/c1-12-9-10-14(15(11-12)18-2)16(17)13-7-5-3-4-6-8-13/h7,9-11H,3-6,8H2,1-2H3. The van der Waals surface area contributed by atoms with Gasteiger partial charge in [0, 0.05) is 0 Å². The van der Waals surface area contributed by atoms with Gasteiger partial charge >= 0.3 is 0 Å². The lowest BCUT2D eigenvalue weighted by molar-refractivity contribution is 0.102. The molecule has 18 heavy (non-hydrogen) atoms. The van der Waals surface area contributed by atoms with E-state index in [-0.39, 0.29) is 5.78 Å². The Labute approximate surface area is 109 Å². The van der Waals surface area contributed by atoms with Gasteiger partial charge in [-0.3, -0.25) is 4.79 Å². The maximum Gasteiger partial charge on any atom is 0.192 e. The average molecular weight is 244 g/mol. The highest BCUT2D eigenvalue weighted by Gasteiger charge is 2.17. The van der Waals surface area contributed by atoms with Crippen LogP contribution in [0.3, 0.4) is 0 Å². The second kappa shape index (κ2) is 5.85. The second-order valence-corrected chi connectivity index (χ2v) is 4.86. The second-order valence-electron chi connectivity index (χ2n) is 4.86. The van der Waals surface area contributed by atoms with E-state index >= 15 is 0 Å². The van der Waals surface area contributed by atoms with Crippen LogP contribution < -0.4 is 4.74 Å². The molecule has 0 radical (unpaired) electrons. The normalized spacial score (nSPS) is 15.8. The van der Waals surface area contributed by atoms with Crippen molar-refractivity contribution in [3.63, 3.8) is 0 Å². The van der Waals surface area contributed by atoms with Gasteiger partial charge in [0.15, 0.2) is 5.78 Å². The summed E-state index contributed by atoms with van der Waals surface area (Å²) in [6, 6.07) is 5.76. The van der Waals surface area contributed by atoms with Crippen molar-refractivity contribution >= 4 is 5.78 Å². The van der Waals surface area contributed by atoms with Gasteiger partial charge in [-0.2, -0.15) is 0 Å². The molecule has 0 aliphatic heterocycles. The van der Waals surface area contributed by atoms with E-state index in [2.05, 4.69) is 6.08 Å². The zero-order chi connectivity index (χ0) is 13.0. The smallest absolute Gasteiger partial charge is 0.192 e. The fraction of sp³-hybridized carbons (Fsp3) is 0.438. The molecule has 0 saturated heterocycles. The number of carbonyl (C=O) groups is 1. The lowest BCUT2D eigenvalue weighted by Gasteiger charge is -2.10. The van der Waals surface area contributed by atoms with E-state index in [1.165, 1.54) is 12.8 Å². The van der Waals surface area contributed by atoms with Gasteiger partial charge in [-0.1, -0.05) is 18.6 Å². The van der Waals surface area contributed by atoms with Crippen LogP contribution in [0.25, 0.3) is 0 Å². The predicted octanol–water partition coefficient (Wildman–Crippen LogP) is 4.08. The first kappa shape index (κ1) is 12.9. The van der Waals surface area contributed by atoms with E-state index in [1.54, 1.807) is 7.11 Å². The first-order chi connectivity index (χ1) is 8.72. The Bertz CT molecular complexity index is 472. The molecule has 0 saturated carbocycles. The van der Waals surface area contributed by atoms with Gasteiger partial charge < -0.3 is 4.74 Å². The molecule has 96 valence electrons. The van der Waals surface area contributed by atoms with Gasteiger partial charge in [-0.15, -0.1) is 0 Å². The molecule has 0 aromatic heterocycles. The number of allylic oxidation sites excluding steroid dienone is 2. The van der Waals surface area contributed by atoms with E-state index < -0.39 is 0 Å². The van der Waals surface area contributed by atoms with E-state index in [0.717, 1.165) is 30.4 Å². The Hall–Kier alpha value is -1.57. The molecule has 2 heteroatoms. The Kier molecular flexibility index (Phi) is 4.19. The quantitative estimate of drug-likeness (QED) is 0.749. The zero-order valence-corrected chi connectivity index (χ0v) is 11.2. The van der Waals surface area contributed by atoms with Gasteiger partial charge in [0.1, 0.15) is 5.75 Å². The molecule has 0 heterocycles. The van der Waals surface area contributed by atoms with E-state index in [0.29, 0.717) is 11.3 Å². The number of ketones is 1. The topological polar surface area (TPSA) is 26.3 Å². The molecule has 2 nitrogen and oxygen atoms in total. The predicted molar refractivity (Wildman–Crippen MR) is 73.2 cm³/mol. The first-order valence-corrected chi connectivity index (χ1v) is 6.61. The number of aryl methyl sites for hydroxylation is 1. The fourth-order valence-electron chi connectivity index (χ4n) is 2.38. The molecule has 0 spiro atoms. The van der Waals surface area contributed by atoms with Crippen LogP contribution in [0.4, 0.5) is 0 Å². The molecule has 0 amide bonds. The molecule has 1 aromatic rings. The van der Waals surface area contributed by atoms with Crippen molar-refractivity contribution in [2.75, 3.05) is 7.11 Å². The number of carbonyl (C=O) groups excluding carboxylic acids is 1. The van der Waals surface area contributed by atoms with E-state index in [1.807, 2.05) is 25.1 Å². The summed E-state index contributed by atoms with van der Waals surface area (Å²) in [5.41, 5.74) is 2.75. The summed E-state index contributed by atoms with van der Waals surface area (Å²) in [7, 11) is 1.62. The van der Waals surface area contributed by atoms with Gasteiger partial charge in [-0.25, -0.2) is 0 Å². The summed E-state index contributed by atoms with van der Waals surface area (Å²) in [5.74, 6) is 0.818. The molecule has 1 aliphatic carbocycles. The highest BCUT2D eigenvalue weighted by Crippen LogP contribution is 2.26. The average Bonchev–Trinajstić information content (AvgIpc) is 2.66. The fourth-order valence-corrected chi connectivity index (χ4v) is 2.38. The lowest BCUT2D eigenvalue weighted by atomic mass is 9.98. The van der Waals surface area contributed by atoms with Crippen LogP contribution in [0.15, 0.2) is 29.8 Å². The number of Topliss-reactive ketones (excluding diaryl/α,β-unsaturated/α-hetero) is 1. The summed E-state index contributed by atoms with van der Waals surface area (Å²) >= 11 is 0. The van der Waals surface area contributed by atoms with Crippen LogP contribution in [0.5, 0.6) is 5.75 Å². The number of rotatable bonds is 3. The molecular formula is C16H20O2. The summed E-state index contributed by atoms with van der Waals surface area (Å²) in [5, 5.41) is 0. The van der Waals surface area contributed by atoms with Crippen LogP contribution in [-0.4, -0.2) is 12.9 Å². The third-order valence-electron chi connectivity index (χ3n) is 3.43. The maximum atomic E-state index is 12.5. The molecule has 0 N–H and O–H groups in total. The van der Waals surface area contributed by atoms with Crippen LogP contribution in [-0.2, 0) is 0 Å². The molecule has 0 atom stereocenters. The Morgan fingerprint density at radius 3 is 2.83 bits per heavy atom. The molecule has 0 bridgehead atoms. The highest BCUT2D eigenvalue weighted by molar-refractivity contribution is 6.10. The number of hydrogen-bond donors (Lipinski definition) is 0. The molecule has 0 fully saturated rings. The van der Waals surface area contributed by atoms with E-state index in [9.17, 15) is 4.79 Å². The molecule has 0 unspecified atom stereocenters. The molecule has 1 aromatic carbocycles. The summed E-state index contributed by atoms with van der Waals surface area (Å²) in [6.45, 7) is 2.00. The third kappa shape index (κ3) is 2.81. The van der Waals surface area contributed by atoms with Crippen molar-refractivity contribution in [1.82, 2.24) is 0 Å². The van der Waals surface area contributed by atoms with Crippen molar-refractivity contribution < 1.29 is 9.53 Å². The van der Waals surface area contributed by atoms with Gasteiger partial charge in [0.25, 0.3) is 0 Å². The van der Waals surface area contributed by atoms with Crippen molar-refractivity contribution in [3.05, 3.63) is 41.0 Å². The van der Waals surface area contributed by atoms with Crippen LogP contribution >= 0.6 is 0 Å². The number of benzene rings is 1. The lowest BCUT2D eigenvalue weighted by Crippen LogP contribution is -2.06. The van der Waals surface area contributed by atoms with Crippen molar-refractivity contribution in [2.45, 2.75) is 39.0 Å². The largest absolute Gasteiger partial charge is 0.496 e. The van der Waals surface area contributed by atoms with Crippen molar-refractivity contribution in [1.29, 1.82) is 0 Å². The van der Waals surface area contributed by atoms with Crippen LogP contribution in [0.1, 0.15) is 48.0 Å². The minimum Gasteiger partial charge on any atom is -0.496 e. The summed E-state index contributed by atoms with van der Waals surface area (Å²) < 4.78 is 5.32. The number of hydrogen-bond acceptors (Lipinski definition) is 2. The maximum absolute atomic E-state index is 12.5. The minimum atomic E-state index is 0.133. The van der Waals surface area contributed by atoms with E-state index in [4.69, 9.17) is 4.74 Å². The zero-order valence-electron chi connectivity index (χ0n) is 11.2. The Morgan fingerprint density at radius 1 is 1.22 bits per heavy atom. The Morgan fingerprint density at radius 2 is 2.06 bits per heavy atom. The SMILES string of the molecule is COc1cc(C)ccc1C(=O)C1=CCCCCC1. The number of ether oxygens (including phenoxy) is 1. The first-order valence-electron chi connectivity index (χ1n) is 6.61. The van der Waals surface area contributed by atoms with Crippen molar-refractivity contribution in [3.8, 4) is 5.75 Å². The highest BCUT2D eigenvalue weighted by atomic mass is 16.5. The minimum absolute atomic E-state index is 0.133. The van der Waals surface area contributed by atoms with Gasteiger partial charge in [0.05, 0.1) is 12.7 Å². The summed E-state index contributed by atoms with van der Waals surface area (Å²) in [6.07, 6.45) is 7.56. The van der Waals surface area contributed by atoms with Crippen molar-refractivity contribution in [2.24, 2.45) is 0 Å². The van der Waals surface area contributed by atoms with Gasteiger partial charge in [0.2, 0.25) is 0 Å². The monoisotopic (exact) mass is 244 g/mol. The molecule has 2 rings (SSSR count). The molecular weight excluding hydrogens is 224 g/mol. The van der Waals surface area contributed by atoms with Crippen LogP contribution in [0, 0.1) is 6.92 Å². The third-order valence-corrected chi connectivity index (χ3v) is 3.43. The molecule has 1 aliphatic rings. The summed E-state index contributed by atoms with van der Waals surface area (Å²) in [4.78, 5) is 12.5. The Balaban J connectivity index is 2.30. The number of methoxy groups -OCH3 is 1. The van der Waals surface area contributed by atoms with Crippen LogP contribution in [0.2, 0.25) is 0 Å². The van der Waals surface area contributed by atoms with Gasteiger partial charge in [-0.05, 0) is 55.9 Å².